The highest BCUT2D eigenvalue weighted by molar-refractivity contribution is 5.97. The number of benzene rings is 2. The zero-order valence-electron chi connectivity index (χ0n) is 20.1. The summed E-state index contributed by atoms with van der Waals surface area (Å²) in [5.74, 6) is 1.97. The van der Waals surface area contributed by atoms with Gasteiger partial charge in [0.15, 0.2) is 0 Å². The van der Waals surface area contributed by atoms with Crippen molar-refractivity contribution in [1.82, 2.24) is 14.9 Å². The van der Waals surface area contributed by atoms with E-state index in [9.17, 15) is 4.79 Å². The van der Waals surface area contributed by atoms with Gasteiger partial charge in [0.25, 0.3) is 5.91 Å². The maximum atomic E-state index is 13.6. The number of aromatic amines is 1. The van der Waals surface area contributed by atoms with E-state index in [4.69, 9.17) is 10.5 Å². The molecule has 1 aliphatic heterocycles. The minimum absolute atomic E-state index is 0.123. The Kier molecular flexibility index (Phi) is 6.42. The standard InChI is InChI=1S/C28H34N4O2/c1-18-14-25(21-4-3-5-21)26(27-30-16-23(31-27)17-34-2)15-24(18)28(33)32-12-10-20(11-13-32)19-6-8-22(29)9-7-19/h6-9,14-16,20-21H,3-5,10-13,17,29H2,1-2H3,(H,30,31). The number of carbonyl (C=O) groups is 1. The number of nitrogens with two attached hydrogens (primary N) is 1. The topological polar surface area (TPSA) is 84.2 Å². The van der Waals surface area contributed by atoms with Crippen molar-refractivity contribution in [3.8, 4) is 11.4 Å². The lowest BCUT2D eigenvalue weighted by Gasteiger charge is -2.33. The van der Waals surface area contributed by atoms with Crippen molar-refractivity contribution in [3.63, 3.8) is 0 Å². The number of nitrogens with one attached hydrogen (secondary N) is 1. The molecule has 178 valence electrons. The van der Waals surface area contributed by atoms with Crippen molar-refractivity contribution in [2.24, 2.45) is 0 Å². The molecule has 0 bridgehead atoms. The average Bonchev–Trinajstić information content (AvgIpc) is 3.27. The highest BCUT2D eigenvalue weighted by Crippen LogP contribution is 2.42. The first-order chi connectivity index (χ1) is 16.5. The third-order valence-electron chi connectivity index (χ3n) is 7.55. The Morgan fingerprint density at radius 2 is 1.85 bits per heavy atom. The van der Waals surface area contributed by atoms with Gasteiger partial charge in [0.1, 0.15) is 5.82 Å². The van der Waals surface area contributed by atoms with Crippen molar-refractivity contribution >= 4 is 11.6 Å². The van der Waals surface area contributed by atoms with Gasteiger partial charge in [0, 0.05) is 37.0 Å². The number of nitrogen functional groups attached to an aromatic ring is 1. The number of hydrogen-bond donors (Lipinski definition) is 2. The molecule has 0 radical (unpaired) electrons. The summed E-state index contributed by atoms with van der Waals surface area (Å²) in [5, 5.41) is 0. The van der Waals surface area contributed by atoms with E-state index in [2.05, 4.69) is 41.2 Å². The minimum Gasteiger partial charge on any atom is -0.399 e. The Morgan fingerprint density at radius 3 is 2.50 bits per heavy atom. The van der Waals surface area contributed by atoms with Crippen molar-refractivity contribution in [1.29, 1.82) is 0 Å². The van der Waals surface area contributed by atoms with Crippen LogP contribution in [0.1, 0.15) is 76.7 Å². The molecule has 2 aromatic carbocycles. The van der Waals surface area contributed by atoms with Crippen LogP contribution in [0.3, 0.4) is 0 Å². The fourth-order valence-electron chi connectivity index (χ4n) is 5.30. The van der Waals surface area contributed by atoms with E-state index in [0.717, 1.165) is 59.8 Å². The Morgan fingerprint density at radius 1 is 1.12 bits per heavy atom. The maximum Gasteiger partial charge on any atom is 0.254 e. The molecule has 0 spiro atoms. The number of rotatable bonds is 6. The summed E-state index contributed by atoms with van der Waals surface area (Å²) in [5.41, 5.74) is 13.1. The van der Waals surface area contributed by atoms with Crippen molar-refractivity contribution < 1.29 is 9.53 Å². The van der Waals surface area contributed by atoms with Gasteiger partial charge in [-0.3, -0.25) is 4.79 Å². The van der Waals surface area contributed by atoms with Gasteiger partial charge in [0.2, 0.25) is 0 Å². The molecule has 0 atom stereocenters. The second-order valence-electron chi connectivity index (χ2n) is 9.81. The summed E-state index contributed by atoms with van der Waals surface area (Å²) < 4.78 is 5.26. The SMILES string of the molecule is COCc1cnc(-c2cc(C(=O)N3CCC(c4ccc(N)cc4)CC3)c(C)cc2C2CCC2)[nH]1. The van der Waals surface area contributed by atoms with E-state index in [1.165, 1.54) is 30.4 Å². The number of aryl methyl sites for hydroxylation is 1. The highest BCUT2D eigenvalue weighted by Gasteiger charge is 2.29. The summed E-state index contributed by atoms with van der Waals surface area (Å²) in [6, 6.07) is 12.5. The molecule has 34 heavy (non-hydrogen) atoms. The van der Waals surface area contributed by atoms with Gasteiger partial charge >= 0.3 is 0 Å². The number of ether oxygens (including phenoxy) is 1. The molecule has 3 N–H and O–H groups in total. The number of hydrogen-bond acceptors (Lipinski definition) is 4. The molecule has 5 rings (SSSR count). The van der Waals surface area contributed by atoms with E-state index in [1.54, 1.807) is 7.11 Å². The quantitative estimate of drug-likeness (QED) is 0.484. The molecule has 1 saturated heterocycles. The van der Waals surface area contributed by atoms with Crippen LogP contribution in [0.5, 0.6) is 0 Å². The van der Waals surface area contributed by atoms with Crippen LogP contribution >= 0.6 is 0 Å². The van der Waals surface area contributed by atoms with Gasteiger partial charge in [-0.15, -0.1) is 0 Å². The van der Waals surface area contributed by atoms with Crippen molar-refractivity contribution in [3.05, 3.63) is 70.5 Å². The van der Waals surface area contributed by atoms with Gasteiger partial charge in [0.05, 0.1) is 18.5 Å². The van der Waals surface area contributed by atoms with E-state index in [-0.39, 0.29) is 5.91 Å². The third kappa shape index (κ3) is 4.47. The van der Waals surface area contributed by atoms with Gasteiger partial charge in [-0.05, 0) is 79.3 Å². The zero-order valence-corrected chi connectivity index (χ0v) is 20.1. The zero-order chi connectivity index (χ0) is 23.7. The number of aromatic nitrogens is 2. The Balaban J connectivity index is 1.38. The molecule has 0 unspecified atom stereocenters. The first-order valence-corrected chi connectivity index (χ1v) is 12.4. The molecule has 6 heteroatoms. The summed E-state index contributed by atoms with van der Waals surface area (Å²) in [4.78, 5) is 23.7. The molecule has 3 aromatic rings. The lowest BCUT2D eigenvalue weighted by molar-refractivity contribution is 0.0712. The van der Waals surface area contributed by atoms with E-state index in [0.29, 0.717) is 18.4 Å². The molecule has 1 amide bonds. The molecular formula is C28H34N4O2. The molecule has 2 fully saturated rings. The number of anilines is 1. The largest absolute Gasteiger partial charge is 0.399 e. The van der Waals surface area contributed by atoms with Gasteiger partial charge < -0.3 is 20.4 Å². The Labute approximate surface area is 201 Å². The number of likely N-dealkylation sites (tertiary alicyclic amines) is 1. The number of imidazole rings is 1. The summed E-state index contributed by atoms with van der Waals surface area (Å²) in [6.45, 7) is 4.10. The molecular weight excluding hydrogens is 424 g/mol. The fraction of sp³-hybridized carbons (Fsp3) is 0.429. The van der Waals surface area contributed by atoms with E-state index in [1.807, 2.05) is 23.2 Å². The summed E-state index contributed by atoms with van der Waals surface area (Å²) in [6.07, 6.45) is 7.43. The van der Waals surface area contributed by atoms with Crippen LogP contribution in [-0.4, -0.2) is 41.0 Å². The van der Waals surface area contributed by atoms with Crippen molar-refractivity contribution in [2.75, 3.05) is 25.9 Å². The first kappa shape index (κ1) is 22.7. The molecule has 1 saturated carbocycles. The monoisotopic (exact) mass is 458 g/mol. The lowest BCUT2D eigenvalue weighted by atomic mass is 9.77. The fourth-order valence-corrected chi connectivity index (χ4v) is 5.30. The van der Waals surface area contributed by atoms with Crippen LogP contribution in [0, 0.1) is 6.92 Å². The smallest absolute Gasteiger partial charge is 0.254 e. The number of carbonyl (C=O) groups excluding carboxylic acids is 1. The molecule has 2 heterocycles. The van der Waals surface area contributed by atoms with E-state index >= 15 is 0 Å². The van der Waals surface area contributed by atoms with Gasteiger partial charge in [-0.2, -0.15) is 0 Å². The van der Waals surface area contributed by atoms with E-state index < -0.39 is 0 Å². The third-order valence-corrected chi connectivity index (χ3v) is 7.55. The summed E-state index contributed by atoms with van der Waals surface area (Å²) >= 11 is 0. The predicted octanol–water partition coefficient (Wildman–Crippen LogP) is 5.40. The molecule has 2 aliphatic rings. The number of amides is 1. The normalized spacial score (nSPS) is 17.1. The minimum atomic E-state index is 0.123. The van der Waals surface area contributed by atoms with Crippen LogP contribution in [-0.2, 0) is 11.3 Å². The Bertz CT molecular complexity index is 1160. The van der Waals surface area contributed by atoms with Crippen LogP contribution in [0.4, 0.5) is 5.69 Å². The maximum absolute atomic E-state index is 13.6. The second-order valence-corrected chi connectivity index (χ2v) is 9.81. The van der Waals surface area contributed by atoms with Crippen LogP contribution in [0.25, 0.3) is 11.4 Å². The number of H-pyrrole nitrogens is 1. The molecule has 1 aromatic heterocycles. The number of nitrogens with zero attached hydrogens (tertiary/aromatic N) is 2. The summed E-state index contributed by atoms with van der Waals surface area (Å²) in [7, 11) is 1.68. The Hall–Kier alpha value is -3.12. The van der Waals surface area contributed by atoms with Gasteiger partial charge in [-0.25, -0.2) is 4.98 Å². The molecule has 6 nitrogen and oxygen atoms in total. The van der Waals surface area contributed by atoms with Crippen molar-refractivity contribution in [2.45, 2.75) is 57.5 Å². The predicted molar refractivity (Wildman–Crippen MR) is 135 cm³/mol. The van der Waals surface area contributed by atoms with Gasteiger partial charge in [-0.1, -0.05) is 24.6 Å². The average molecular weight is 459 g/mol. The second kappa shape index (κ2) is 9.63. The van der Waals surface area contributed by atoms with Crippen LogP contribution < -0.4 is 5.73 Å². The number of methoxy groups -OCH3 is 1. The number of piperidine rings is 1. The van der Waals surface area contributed by atoms with Crippen LogP contribution in [0.2, 0.25) is 0 Å². The highest BCUT2D eigenvalue weighted by atomic mass is 16.5. The van der Waals surface area contributed by atoms with Crippen LogP contribution in [0.15, 0.2) is 42.6 Å². The molecule has 1 aliphatic carbocycles. The first-order valence-electron chi connectivity index (χ1n) is 12.4. The lowest BCUT2D eigenvalue weighted by Crippen LogP contribution is -2.38.